The van der Waals surface area contributed by atoms with Gasteiger partial charge in [0.15, 0.2) is 0 Å². The van der Waals surface area contributed by atoms with Crippen molar-refractivity contribution in [2.75, 3.05) is 11.9 Å². The van der Waals surface area contributed by atoms with Crippen LogP contribution in [0.2, 0.25) is 0 Å². The molecule has 1 fully saturated rings. The molecule has 1 aromatic carbocycles. The van der Waals surface area contributed by atoms with Crippen molar-refractivity contribution >= 4 is 5.69 Å². The minimum absolute atomic E-state index is 0.333. The van der Waals surface area contributed by atoms with E-state index in [1.165, 1.54) is 12.0 Å². The Labute approximate surface area is 118 Å². The Kier molecular flexibility index (Phi) is 3.69. The second kappa shape index (κ2) is 5.63. The molecule has 2 unspecified atom stereocenters. The van der Waals surface area contributed by atoms with Gasteiger partial charge < -0.3 is 14.5 Å². The lowest BCUT2D eigenvalue weighted by atomic mass is 10.0. The Morgan fingerprint density at radius 1 is 1.35 bits per heavy atom. The molecule has 0 saturated carbocycles. The monoisotopic (exact) mass is 273 g/mol. The van der Waals surface area contributed by atoms with Crippen molar-refractivity contribution < 1.29 is 9.15 Å². The van der Waals surface area contributed by atoms with E-state index in [0.29, 0.717) is 18.0 Å². The smallest absolute Gasteiger partial charge is 0.247 e. The van der Waals surface area contributed by atoms with Gasteiger partial charge in [0.1, 0.15) is 0 Å². The predicted molar refractivity (Wildman–Crippen MR) is 76.5 cm³/mol. The van der Waals surface area contributed by atoms with Gasteiger partial charge in [-0.2, -0.15) is 0 Å². The van der Waals surface area contributed by atoms with Crippen molar-refractivity contribution in [2.24, 2.45) is 0 Å². The Hall–Kier alpha value is -1.88. The fraction of sp³-hybridized carbons (Fsp3) is 0.467. The maximum atomic E-state index is 5.58. The van der Waals surface area contributed by atoms with Crippen LogP contribution in [-0.2, 0) is 4.74 Å². The topological polar surface area (TPSA) is 60.2 Å². The molecule has 0 aliphatic carbocycles. The first-order chi connectivity index (χ1) is 9.72. The summed E-state index contributed by atoms with van der Waals surface area (Å²) in [6.07, 6.45) is 3.78. The molecule has 1 saturated heterocycles. The van der Waals surface area contributed by atoms with Crippen LogP contribution >= 0.6 is 0 Å². The number of benzene rings is 1. The van der Waals surface area contributed by atoms with Gasteiger partial charge in [-0.05, 0) is 50.5 Å². The van der Waals surface area contributed by atoms with Crippen LogP contribution in [0.5, 0.6) is 0 Å². The molecule has 106 valence electrons. The third-order valence-corrected chi connectivity index (χ3v) is 3.68. The number of ether oxygens (including phenoxy) is 1. The van der Waals surface area contributed by atoms with Crippen LogP contribution in [0.25, 0.3) is 11.5 Å². The Balaban J connectivity index is 1.74. The van der Waals surface area contributed by atoms with Gasteiger partial charge in [0.25, 0.3) is 0 Å². The fourth-order valence-electron chi connectivity index (χ4n) is 2.61. The molecule has 0 radical (unpaired) electrons. The molecule has 2 heterocycles. The summed E-state index contributed by atoms with van der Waals surface area (Å²) >= 11 is 0. The number of hydrogen-bond acceptors (Lipinski definition) is 5. The van der Waals surface area contributed by atoms with E-state index in [2.05, 4.69) is 41.5 Å². The van der Waals surface area contributed by atoms with Crippen molar-refractivity contribution in [3.05, 3.63) is 30.2 Å². The lowest BCUT2D eigenvalue weighted by Gasteiger charge is -2.29. The van der Waals surface area contributed by atoms with E-state index in [0.717, 1.165) is 30.7 Å². The molecule has 5 nitrogen and oxygen atoms in total. The number of aromatic nitrogens is 2. The van der Waals surface area contributed by atoms with E-state index >= 15 is 0 Å². The van der Waals surface area contributed by atoms with Gasteiger partial charge >= 0.3 is 0 Å². The SMILES string of the molecule is Cc1cc(-c2nnco2)ccc1NC1CCOC(C)C1. The second-order valence-electron chi connectivity index (χ2n) is 5.32. The molecule has 0 bridgehead atoms. The maximum Gasteiger partial charge on any atom is 0.247 e. The molecule has 2 aromatic rings. The van der Waals surface area contributed by atoms with Gasteiger partial charge in [0.2, 0.25) is 12.3 Å². The van der Waals surface area contributed by atoms with Crippen molar-refractivity contribution in [1.82, 2.24) is 10.2 Å². The number of hydrogen-bond donors (Lipinski definition) is 1. The molecule has 3 rings (SSSR count). The zero-order valence-corrected chi connectivity index (χ0v) is 11.8. The van der Waals surface area contributed by atoms with Crippen LogP contribution < -0.4 is 5.32 Å². The maximum absolute atomic E-state index is 5.58. The van der Waals surface area contributed by atoms with Gasteiger partial charge in [0, 0.05) is 23.9 Å². The van der Waals surface area contributed by atoms with E-state index in [9.17, 15) is 0 Å². The predicted octanol–water partition coefficient (Wildman–Crippen LogP) is 3.02. The van der Waals surface area contributed by atoms with Crippen molar-refractivity contribution in [2.45, 2.75) is 38.8 Å². The first-order valence-electron chi connectivity index (χ1n) is 6.97. The van der Waals surface area contributed by atoms with E-state index in [1.807, 2.05) is 6.07 Å². The summed E-state index contributed by atoms with van der Waals surface area (Å²) < 4.78 is 10.8. The van der Waals surface area contributed by atoms with Gasteiger partial charge in [0.05, 0.1) is 6.10 Å². The van der Waals surface area contributed by atoms with Crippen molar-refractivity contribution in [1.29, 1.82) is 0 Å². The summed E-state index contributed by atoms with van der Waals surface area (Å²) in [7, 11) is 0. The summed E-state index contributed by atoms with van der Waals surface area (Å²) in [5.41, 5.74) is 3.29. The average molecular weight is 273 g/mol. The van der Waals surface area contributed by atoms with Crippen LogP contribution in [0.15, 0.2) is 29.0 Å². The van der Waals surface area contributed by atoms with Crippen LogP contribution in [-0.4, -0.2) is 29.0 Å². The molecule has 1 aromatic heterocycles. The molecule has 2 atom stereocenters. The molecule has 0 amide bonds. The summed E-state index contributed by atoms with van der Waals surface area (Å²) in [6.45, 7) is 5.04. The molecule has 1 aliphatic heterocycles. The number of nitrogens with zero attached hydrogens (tertiary/aromatic N) is 2. The standard InChI is InChI=1S/C15H19N3O2/c1-10-7-12(15-18-16-9-20-15)3-4-14(10)17-13-5-6-19-11(2)8-13/h3-4,7,9,11,13,17H,5-6,8H2,1-2H3. The van der Waals surface area contributed by atoms with E-state index < -0.39 is 0 Å². The highest BCUT2D eigenvalue weighted by Crippen LogP contribution is 2.25. The second-order valence-corrected chi connectivity index (χ2v) is 5.32. The normalized spacial score (nSPS) is 22.7. The summed E-state index contributed by atoms with van der Waals surface area (Å²) in [5, 5.41) is 11.2. The zero-order chi connectivity index (χ0) is 13.9. The lowest BCUT2D eigenvalue weighted by Crippen LogP contribution is -2.32. The van der Waals surface area contributed by atoms with E-state index in [4.69, 9.17) is 9.15 Å². The Morgan fingerprint density at radius 3 is 2.95 bits per heavy atom. The van der Waals surface area contributed by atoms with Crippen LogP contribution in [0.1, 0.15) is 25.3 Å². The third kappa shape index (κ3) is 2.82. The molecule has 1 aliphatic rings. The highest BCUT2D eigenvalue weighted by Gasteiger charge is 2.19. The zero-order valence-electron chi connectivity index (χ0n) is 11.8. The lowest BCUT2D eigenvalue weighted by molar-refractivity contribution is 0.0232. The van der Waals surface area contributed by atoms with Crippen molar-refractivity contribution in [3.8, 4) is 11.5 Å². The third-order valence-electron chi connectivity index (χ3n) is 3.68. The molecular weight excluding hydrogens is 254 g/mol. The molecule has 5 heteroatoms. The quantitative estimate of drug-likeness (QED) is 0.931. The van der Waals surface area contributed by atoms with Crippen molar-refractivity contribution in [3.63, 3.8) is 0 Å². The van der Waals surface area contributed by atoms with Gasteiger partial charge in [-0.25, -0.2) is 0 Å². The first-order valence-corrected chi connectivity index (χ1v) is 6.97. The summed E-state index contributed by atoms with van der Waals surface area (Å²) in [5.74, 6) is 0.555. The number of rotatable bonds is 3. The average Bonchev–Trinajstić information content (AvgIpc) is 2.95. The molecule has 1 N–H and O–H groups in total. The largest absolute Gasteiger partial charge is 0.423 e. The molecule has 20 heavy (non-hydrogen) atoms. The van der Waals surface area contributed by atoms with Gasteiger partial charge in [-0.3, -0.25) is 0 Å². The minimum atomic E-state index is 0.333. The Bertz CT molecular complexity index is 569. The van der Waals surface area contributed by atoms with E-state index in [-0.39, 0.29) is 0 Å². The number of aryl methyl sites for hydroxylation is 1. The fourth-order valence-corrected chi connectivity index (χ4v) is 2.61. The summed E-state index contributed by atoms with van der Waals surface area (Å²) in [4.78, 5) is 0. The van der Waals surface area contributed by atoms with Crippen LogP contribution in [0.4, 0.5) is 5.69 Å². The highest BCUT2D eigenvalue weighted by atomic mass is 16.5. The Morgan fingerprint density at radius 2 is 2.25 bits per heavy atom. The number of nitrogens with one attached hydrogen (secondary N) is 1. The van der Waals surface area contributed by atoms with E-state index in [1.54, 1.807) is 0 Å². The number of anilines is 1. The first kappa shape index (κ1) is 13.1. The minimum Gasteiger partial charge on any atom is -0.423 e. The van der Waals surface area contributed by atoms with Gasteiger partial charge in [-0.15, -0.1) is 10.2 Å². The van der Waals surface area contributed by atoms with Crippen LogP contribution in [0, 0.1) is 6.92 Å². The molecular formula is C15H19N3O2. The molecule has 0 spiro atoms. The van der Waals surface area contributed by atoms with Crippen LogP contribution in [0.3, 0.4) is 0 Å². The summed E-state index contributed by atoms with van der Waals surface area (Å²) in [6, 6.07) is 6.63. The highest BCUT2D eigenvalue weighted by molar-refractivity contribution is 5.62. The van der Waals surface area contributed by atoms with Gasteiger partial charge in [-0.1, -0.05) is 0 Å².